The van der Waals surface area contributed by atoms with E-state index in [1.54, 1.807) is 0 Å². The molecular formula is C10H15N5O4. The fourth-order valence-electron chi connectivity index (χ4n) is 1.33. The van der Waals surface area contributed by atoms with Gasteiger partial charge in [-0.05, 0) is 0 Å². The van der Waals surface area contributed by atoms with Crippen molar-refractivity contribution in [3.05, 3.63) is 26.9 Å². The smallest absolute Gasteiger partial charge is 0.349 e. The van der Waals surface area contributed by atoms with Crippen LogP contribution in [0.15, 0.2) is 15.7 Å². The lowest BCUT2D eigenvalue weighted by molar-refractivity contribution is 0.212. The van der Waals surface area contributed by atoms with Crippen molar-refractivity contribution in [2.24, 2.45) is 0 Å². The van der Waals surface area contributed by atoms with Crippen LogP contribution in [0.2, 0.25) is 0 Å². The Kier molecular flexibility index (Phi) is 3.78. The Morgan fingerprint density at radius 2 is 1.42 bits per heavy atom. The van der Waals surface area contributed by atoms with E-state index in [1.807, 2.05) is 0 Å². The van der Waals surface area contributed by atoms with Crippen LogP contribution in [0.25, 0.3) is 0 Å². The first-order valence-electron chi connectivity index (χ1n) is 5.26. The van der Waals surface area contributed by atoms with Crippen molar-refractivity contribution in [2.45, 2.75) is 0 Å². The standard InChI is InChI=1S/C10H15N5O4/c1-12(2)8(17)14-6(11)5-7(16)15(10(14)19)9(18)13(3)4/h5H,11H2,1-4H3. The van der Waals surface area contributed by atoms with Gasteiger partial charge in [0.2, 0.25) is 0 Å². The SMILES string of the molecule is CN(C)C(=O)n1c(N)cc(=O)n(C(=O)N(C)C)c1=O. The summed E-state index contributed by atoms with van der Waals surface area (Å²) in [6, 6.07) is -0.748. The van der Waals surface area contributed by atoms with Gasteiger partial charge in [0.1, 0.15) is 5.82 Å². The number of hydrogen-bond acceptors (Lipinski definition) is 5. The van der Waals surface area contributed by atoms with Gasteiger partial charge in [-0.15, -0.1) is 0 Å². The normalized spacial score (nSPS) is 10.1. The van der Waals surface area contributed by atoms with Crippen LogP contribution in [-0.4, -0.2) is 59.2 Å². The fourth-order valence-corrected chi connectivity index (χ4v) is 1.33. The molecule has 2 amide bonds. The predicted octanol–water partition coefficient (Wildman–Crippen LogP) is -1.35. The molecule has 2 N–H and O–H groups in total. The third-order valence-electron chi connectivity index (χ3n) is 2.28. The maximum Gasteiger partial charge on any atom is 0.349 e. The second-order valence-corrected chi connectivity index (χ2v) is 4.21. The molecule has 0 aliphatic rings. The topological polar surface area (TPSA) is 111 Å². The summed E-state index contributed by atoms with van der Waals surface area (Å²) in [6.45, 7) is 0. The van der Waals surface area contributed by atoms with Gasteiger partial charge in [-0.2, -0.15) is 9.13 Å². The molecule has 1 aromatic rings. The molecule has 1 heterocycles. The molecule has 0 aliphatic heterocycles. The van der Waals surface area contributed by atoms with Crippen LogP contribution in [0, 0.1) is 0 Å². The molecule has 1 rings (SSSR count). The first-order chi connectivity index (χ1) is 8.68. The number of hydrogen-bond donors (Lipinski definition) is 1. The van der Waals surface area contributed by atoms with Gasteiger partial charge < -0.3 is 15.5 Å². The van der Waals surface area contributed by atoms with Gasteiger partial charge >= 0.3 is 17.8 Å². The molecule has 0 bridgehead atoms. The minimum absolute atomic E-state index is 0.323. The van der Waals surface area contributed by atoms with E-state index in [9.17, 15) is 19.2 Å². The van der Waals surface area contributed by atoms with Crippen molar-refractivity contribution in [1.29, 1.82) is 0 Å². The van der Waals surface area contributed by atoms with Crippen LogP contribution in [0.3, 0.4) is 0 Å². The van der Waals surface area contributed by atoms with Gasteiger partial charge in [0.05, 0.1) is 0 Å². The number of amides is 2. The predicted molar refractivity (Wildman–Crippen MR) is 68.3 cm³/mol. The second-order valence-electron chi connectivity index (χ2n) is 4.21. The van der Waals surface area contributed by atoms with E-state index >= 15 is 0 Å². The molecule has 104 valence electrons. The Morgan fingerprint density at radius 1 is 1.00 bits per heavy atom. The number of aromatic nitrogens is 2. The maximum absolute atomic E-state index is 12.1. The molecular weight excluding hydrogens is 254 g/mol. The highest BCUT2D eigenvalue weighted by Crippen LogP contribution is 1.97. The number of rotatable bonds is 0. The zero-order chi connectivity index (χ0) is 14.9. The van der Waals surface area contributed by atoms with Crippen LogP contribution in [-0.2, 0) is 0 Å². The van der Waals surface area contributed by atoms with Gasteiger partial charge in [-0.3, -0.25) is 4.79 Å². The van der Waals surface area contributed by atoms with Crippen LogP contribution in [0.1, 0.15) is 0 Å². The van der Waals surface area contributed by atoms with Crippen molar-refractivity contribution < 1.29 is 9.59 Å². The molecule has 9 nitrogen and oxygen atoms in total. The maximum atomic E-state index is 12.1. The number of nitrogen functional groups attached to an aromatic ring is 1. The molecule has 0 atom stereocenters. The monoisotopic (exact) mass is 269 g/mol. The van der Waals surface area contributed by atoms with Gasteiger partial charge in [-0.1, -0.05) is 0 Å². The minimum atomic E-state index is -1.10. The Bertz CT molecular complexity index is 640. The quantitative estimate of drug-likeness (QED) is 0.626. The van der Waals surface area contributed by atoms with E-state index in [0.29, 0.717) is 9.13 Å². The molecule has 0 radical (unpaired) electrons. The average Bonchev–Trinajstić information content (AvgIpc) is 2.27. The average molecular weight is 269 g/mol. The zero-order valence-corrected chi connectivity index (χ0v) is 11.1. The highest BCUT2D eigenvalue weighted by molar-refractivity contribution is 5.81. The molecule has 0 saturated carbocycles. The number of carbonyl (C=O) groups excluding carboxylic acids is 2. The van der Waals surface area contributed by atoms with Gasteiger partial charge in [0.25, 0.3) is 5.56 Å². The Labute approximate surface area is 108 Å². The highest BCUT2D eigenvalue weighted by Gasteiger charge is 2.21. The van der Waals surface area contributed by atoms with Crippen molar-refractivity contribution in [3.8, 4) is 0 Å². The summed E-state index contributed by atoms with van der Waals surface area (Å²) < 4.78 is 0.903. The van der Waals surface area contributed by atoms with E-state index in [4.69, 9.17) is 5.73 Å². The highest BCUT2D eigenvalue weighted by atomic mass is 16.2. The van der Waals surface area contributed by atoms with E-state index < -0.39 is 23.3 Å². The Balaban J connectivity index is 3.67. The van der Waals surface area contributed by atoms with Crippen LogP contribution in [0.5, 0.6) is 0 Å². The molecule has 0 saturated heterocycles. The van der Waals surface area contributed by atoms with Crippen LogP contribution >= 0.6 is 0 Å². The summed E-state index contributed by atoms with van der Waals surface area (Å²) in [7, 11) is 5.58. The second kappa shape index (κ2) is 4.96. The summed E-state index contributed by atoms with van der Waals surface area (Å²) in [6.07, 6.45) is 0. The lowest BCUT2D eigenvalue weighted by atomic mass is 10.5. The molecule has 1 aromatic heterocycles. The summed E-state index contributed by atoms with van der Waals surface area (Å²) >= 11 is 0. The van der Waals surface area contributed by atoms with E-state index in [-0.39, 0.29) is 5.82 Å². The fraction of sp³-hybridized carbons (Fsp3) is 0.400. The van der Waals surface area contributed by atoms with Gasteiger partial charge in [0.15, 0.2) is 0 Å². The molecule has 0 unspecified atom stereocenters. The summed E-state index contributed by atoms with van der Waals surface area (Å²) in [4.78, 5) is 49.4. The summed E-state index contributed by atoms with van der Waals surface area (Å²) in [5.74, 6) is -0.323. The van der Waals surface area contributed by atoms with Crippen molar-refractivity contribution >= 4 is 17.9 Å². The van der Waals surface area contributed by atoms with Crippen molar-refractivity contribution in [1.82, 2.24) is 18.9 Å². The Hall–Kier alpha value is -2.58. The van der Waals surface area contributed by atoms with Crippen molar-refractivity contribution in [2.75, 3.05) is 33.9 Å². The third-order valence-corrected chi connectivity index (χ3v) is 2.28. The van der Waals surface area contributed by atoms with Crippen LogP contribution < -0.4 is 17.0 Å². The molecule has 0 spiro atoms. The minimum Gasteiger partial charge on any atom is -0.384 e. The first kappa shape index (κ1) is 14.5. The number of carbonyl (C=O) groups is 2. The summed E-state index contributed by atoms with van der Waals surface area (Å²) in [5, 5.41) is 0. The van der Waals surface area contributed by atoms with E-state index in [2.05, 4.69) is 0 Å². The van der Waals surface area contributed by atoms with Crippen LogP contribution in [0.4, 0.5) is 15.4 Å². The molecule has 0 fully saturated rings. The lowest BCUT2D eigenvalue weighted by Crippen LogP contribution is -2.50. The number of nitrogens with two attached hydrogens (primary N) is 1. The summed E-state index contributed by atoms with van der Waals surface area (Å²) in [5.41, 5.74) is 3.50. The largest absolute Gasteiger partial charge is 0.384 e. The molecule has 9 heteroatoms. The van der Waals surface area contributed by atoms with E-state index in [0.717, 1.165) is 15.9 Å². The van der Waals surface area contributed by atoms with Gasteiger partial charge in [0, 0.05) is 34.3 Å². The van der Waals surface area contributed by atoms with E-state index in [1.165, 1.54) is 28.2 Å². The van der Waals surface area contributed by atoms with Crippen molar-refractivity contribution in [3.63, 3.8) is 0 Å². The first-order valence-corrected chi connectivity index (χ1v) is 5.26. The molecule has 0 aromatic carbocycles. The lowest BCUT2D eigenvalue weighted by Gasteiger charge is -2.16. The molecule has 0 aliphatic carbocycles. The third kappa shape index (κ3) is 2.49. The van der Waals surface area contributed by atoms with Gasteiger partial charge in [-0.25, -0.2) is 14.4 Å². The zero-order valence-electron chi connectivity index (χ0n) is 11.1. The molecule has 19 heavy (non-hydrogen) atoms. The number of nitrogens with zero attached hydrogens (tertiary/aromatic N) is 4. The number of anilines is 1. The Morgan fingerprint density at radius 3 is 1.84 bits per heavy atom.